The van der Waals surface area contributed by atoms with Gasteiger partial charge in [-0.15, -0.1) is 0 Å². The Morgan fingerprint density at radius 2 is 1.52 bits per heavy atom. The topological polar surface area (TPSA) is 83.8 Å². The standard InChI is InChI=1S/C15H31O5P/c1-3-5-6-7-8-9-10-11-12-14(21(17,18)19)13-15(16)20-4-2/h14H,3-13H2,1-2H3,(H2,17,18,19). The van der Waals surface area contributed by atoms with E-state index in [0.717, 1.165) is 19.3 Å². The number of carbonyl (C=O) groups excluding carboxylic acids is 1. The van der Waals surface area contributed by atoms with Crippen LogP contribution < -0.4 is 0 Å². The molecule has 0 saturated carbocycles. The van der Waals surface area contributed by atoms with Crippen molar-refractivity contribution in [1.82, 2.24) is 0 Å². The molecule has 0 radical (unpaired) electrons. The van der Waals surface area contributed by atoms with Crippen LogP contribution in [0.1, 0.15) is 78.1 Å². The summed E-state index contributed by atoms with van der Waals surface area (Å²) in [4.78, 5) is 30.0. The van der Waals surface area contributed by atoms with Crippen LogP contribution in [-0.2, 0) is 14.1 Å². The van der Waals surface area contributed by atoms with Crippen molar-refractivity contribution >= 4 is 13.6 Å². The van der Waals surface area contributed by atoms with Crippen molar-refractivity contribution in [2.45, 2.75) is 83.7 Å². The lowest BCUT2D eigenvalue weighted by molar-refractivity contribution is -0.143. The fraction of sp³-hybridized carbons (Fsp3) is 0.933. The predicted octanol–water partition coefficient (Wildman–Crippen LogP) is 4.02. The maximum atomic E-state index is 11.4. The van der Waals surface area contributed by atoms with Crippen LogP contribution in [0.25, 0.3) is 0 Å². The van der Waals surface area contributed by atoms with Gasteiger partial charge in [-0.1, -0.05) is 58.3 Å². The molecule has 21 heavy (non-hydrogen) atoms. The summed E-state index contributed by atoms with van der Waals surface area (Å²) in [5.74, 6) is -0.523. The largest absolute Gasteiger partial charge is 0.466 e. The van der Waals surface area contributed by atoms with Gasteiger partial charge in [-0.25, -0.2) is 0 Å². The highest BCUT2D eigenvalue weighted by Gasteiger charge is 2.30. The molecule has 0 aromatic rings. The van der Waals surface area contributed by atoms with Gasteiger partial charge in [0.2, 0.25) is 0 Å². The van der Waals surface area contributed by atoms with Crippen molar-refractivity contribution in [3.05, 3.63) is 0 Å². The molecular weight excluding hydrogens is 291 g/mol. The van der Waals surface area contributed by atoms with Gasteiger partial charge in [-0.3, -0.25) is 9.36 Å². The molecule has 0 spiro atoms. The third-order valence-electron chi connectivity index (χ3n) is 3.57. The number of rotatable bonds is 13. The summed E-state index contributed by atoms with van der Waals surface area (Å²) >= 11 is 0. The van der Waals surface area contributed by atoms with Gasteiger partial charge in [-0.2, -0.15) is 0 Å². The molecule has 0 aromatic heterocycles. The lowest BCUT2D eigenvalue weighted by Gasteiger charge is -2.17. The molecule has 126 valence electrons. The van der Waals surface area contributed by atoms with Crippen LogP contribution in [0.15, 0.2) is 0 Å². The first-order valence-corrected chi connectivity index (χ1v) is 9.80. The minimum atomic E-state index is -4.22. The summed E-state index contributed by atoms with van der Waals surface area (Å²) in [7, 11) is -4.22. The average molecular weight is 322 g/mol. The third-order valence-corrected chi connectivity index (χ3v) is 4.97. The Morgan fingerprint density at radius 3 is 2.00 bits per heavy atom. The quantitative estimate of drug-likeness (QED) is 0.304. The van der Waals surface area contributed by atoms with Gasteiger partial charge in [0.1, 0.15) is 0 Å². The zero-order valence-electron chi connectivity index (χ0n) is 13.4. The number of esters is 1. The van der Waals surface area contributed by atoms with Crippen LogP contribution >= 0.6 is 7.60 Å². The zero-order chi connectivity index (χ0) is 16.1. The van der Waals surface area contributed by atoms with Crippen LogP contribution in [0.2, 0.25) is 0 Å². The summed E-state index contributed by atoms with van der Waals surface area (Å²) in [5, 5.41) is 0. The molecule has 0 bridgehead atoms. The molecule has 1 unspecified atom stereocenters. The Balaban J connectivity index is 3.88. The van der Waals surface area contributed by atoms with E-state index in [1.54, 1.807) is 6.92 Å². The molecule has 0 heterocycles. The average Bonchev–Trinajstić information content (AvgIpc) is 2.39. The van der Waals surface area contributed by atoms with E-state index in [2.05, 4.69) is 6.92 Å². The Bertz CT molecular complexity index is 313. The van der Waals surface area contributed by atoms with Crippen LogP contribution in [0.5, 0.6) is 0 Å². The minimum absolute atomic E-state index is 0.186. The molecule has 0 fully saturated rings. The molecule has 0 aliphatic rings. The van der Waals surface area contributed by atoms with Crippen LogP contribution in [0, 0.1) is 0 Å². The lowest BCUT2D eigenvalue weighted by Crippen LogP contribution is -2.16. The maximum Gasteiger partial charge on any atom is 0.329 e. The van der Waals surface area contributed by atoms with E-state index in [1.165, 1.54) is 32.1 Å². The Morgan fingerprint density at radius 1 is 1.00 bits per heavy atom. The Hall–Kier alpha value is -0.380. The second-order valence-electron chi connectivity index (χ2n) is 5.52. The summed E-state index contributed by atoms with van der Waals surface area (Å²) in [6, 6.07) is 0. The SMILES string of the molecule is CCCCCCCCCCC(CC(=O)OCC)P(=O)(O)O. The monoisotopic (exact) mass is 322 g/mol. The van der Waals surface area contributed by atoms with E-state index in [1.807, 2.05) is 0 Å². The van der Waals surface area contributed by atoms with Gasteiger partial charge in [-0.05, 0) is 13.3 Å². The molecule has 0 amide bonds. The fourth-order valence-corrected chi connectivity index (χ4v) is 3.22. The van der Waals surface area contributed by atoms with Crippen LogP contribution in [0.3, 0.4) is 0 Å². The zero-order valence-corrected chi connectivity index (χ0v) is 14.3. The summed E-state index contributed by atoms with van der Waals surface area (Å²) < 4.78 is 16.2. The van der Waals surface area contributed by atoms with Gasteiger partial charge in [0.25, 0.3) is 0 Å². The fourth-order valence-electron chi connectivity index (χ4n) is 2.32. The molecule has 2 N–H and O–H groups in total. The number of carbonyl (C=O) groups is 1. The summed E-state index contributed by atoms with van der Waals surface area (Å²) in [5.41, 5.74) is -0.892. The van der Waals surface area contributed by atoms with Crippen molar-refractivity contribution in [1.29, 1.82) is 0 Å². The van der Waals surface area contributed by atoms with E-state index < -0.39 is 19.2 Å². The Labute approximate surface area is 128 Å². The minimum Gasteiger partial charge on any atom is -0.466 e. The summed E-state index contributed by atoms with van der Waals surface area (Å²) in [6.45, 7) is 4.11. The highest BCUT2D eigenvalue weighted by molar-refractivity contribution is 7.52. The predicted molar refractivity (Wildman–Crippen MR) is 84.3 cm³/mol. The highest BCUT2D eigenvalue weighted by Crippen LogP contribution is 2.45. The van der Waals surface area contributed by atoms with E-state index in [0.29, 0.717) is 6.42 Å². The van der Waals surface area contributed by atoms with Crippen LogP contribution in [-0.4, -0.2) is 28.0 Å². The van der Waals surface area contributed by atoms with Gasteiger partial charge < -0.3 is 14.5 Å². The highest BCUT2D eigenvalue weighted by atomic mass is 31.2. The van der Waals surface area contributed by atoms with Crippen LogP contribution in [0.4, 0.5) is 0 Å². The normalized spacial score (nSPS) is 13.1. The van der Waals surface area contributed by atoms with E-state index in [-0.39, 0.29) is 13.0 Å². The molecule has 0 aliphatic carbocycles. The third kappa shape index (κ3) is 11.9. The number of unbranched alkanes of at least 4 members (excludes halogenated alkanes) is 7. The molecule has 6 heteroatoms. The first kappa shape index (κ1) is 20.6. The number of hydrogen-bond donors (Lipinski definition) is 2. The van der Waals surface area contributed by atoms with Gasteiger partial charge in [0, 0.05) is 0 Å². The van der Waals surface area contributed by atoms with E-state index in [4.69, 9.17) is 4.74 Å². The molecule has 1 atom stereocenters. The first-order valence-electron chi connectivity index (χ1n) is 8.12. The van der Waals surface area contributed by atoms with Crippen molar-refractivity contribution < 1.29 is 23.9 Å². The first-order chi connectivity index (χ1) is 9.91. The van der Waals surface area contributed by atoms with Crippen molar-refractivity contribution in [3.8, 4) is 0 Å². The van der Waals surface area contributed by atoms with Crippen molar-refractivity contribution in [2.75, 3.05) is 6.61 Å². The van der Waals surface area contributed by atoms with E-state index >= 15 is 0 Å². The molecule has 0 aliphatic heterocycles. The van der Waals surface area contributed by atoms with Crippen molar-refractivity contribution in [3.63, 3.8) is 0 Å². The van der Waals surface area contributed by atoms with E-state index in [9.17, 15) is 19.1 Å². The smallest absolute Gasteiger partial charge is 0.329 e. The number of hydrogen-bond acceptors (Lipinski definition) is 3. The number of ether oxygens (including phenoxy) is 1. The second kappa shape index (κ2) is 12.2. The molecule has 0 saturated heterocycles. The molecule has 0 aromatic carbocycles. The summed E-state index contributed by atoms with van der Waals surface area (Å²) in [6.07, 6.45) is 9.21. The Kier molecular flexibility index (Phi) is 12.0. The lowest BCUT2D eigenvalue weighted by atomic mass is 10.1. The second-order valence-corrected chi connectivity index (χ2v) is 7.42. The van der Waals surface area contributed by atoms with Gasteiger partial charge >= 0.3 is 13.6 Å². The molecular formula is C15H31O5P. The maximum absolute atomic E-state index is 11.4. The van der Waals surface area contributed by atoms with Crippen molar-refractivity contribution in [2.24, 2.45) is 0 Å². The van der Waals surface area contributed by atoms with Gasteiger partial charge in [0.05, 0.1) is 18.7 Å². The molecule has 5 nitrogen and oxygen atoms in total. The molecule has 0 rings (SSSR count). The van der Waals surface area contributed by atoms with Gasteiger partial charge in [0.15, 0.2) is 0 Å².